The Balaban J connectivity index is 1.99. The third-order valence-corrected chi connectivity index (χ3v) is 4.71. The van der Waals surface area contributed by atoms with Gasteiger partial charge in [0.25, 0.3) is 0 Å². The standard InChI is InChI=1S/C24H18O3/c25-17-20-15-16-23(27-20)21-13-7-8-14-22(21)24(26,18-9-3-1-4-10-18)19-11-5-2-6-12-19/h1-17,26H. The van der Waals surface area contributed by atoms with Crippen LogP contribution in [0.25, 0.3) is 11.3 Å². The van der Waals surface area contributed by atoms with Gasteiger partial charge in [0, 0.05) is 11.1 Å². The first-order chi connectivity index (χ1) is 13.2. The zero-order valence-electron chi connectivity index (χ0n) is 14.6. The number of aliphatic hydroxyl groups is 1. The van der Waals surface area contributed by atoms with Crippen molar-refractivity contribution in [1.82, 2.24) is 0 Å². The van der Waals surface area contributed by atoms with Crippen molar-refractivity contribution in [3.63, 3.8) is 0 Å². The summed E-state index contributed by atoms with van der Waals surface area (Å²) in [6.07, 6.45) is 0.673. The molecule has 0 aliphatic rings. The smallest absolute Gasteiger partial charge is 0.185 e. The highest BCUT2D eigenvalue weighted by molar-refractivity contribution is 5.74. The van der Waals surface area contributed by atoms with Crippen molar-refractivity contribution < 1.29 is 14.3 Å². The van der Waals surface area contributed by atoms with Gasteiger partial charge in [0.05, 0.1) is 0 Å². The predicted molar refractivity (Wildman–Crippen MR) is 105 cm³/mol. The lowest BCUT2D eigenvalue weighted by molar-refractivity contribution is 0.110. The average Bonchev–Trinajstić information content (AvgIpc) is 3.24. The van der Waals surface area contributed by atoms with Crippen LogP contribution >= 0.6 is 0 Å². The second-order valence-electron chi connectivity index (χ2n) is 6.31. The lowest BCUT2D eigenvalue weighted by atomic mass is 9.78. The number of carbonyl (C=O) groups is 1. The summed E-state index contributed by atoms with van der Waals surface area (Å²) in [7, 11) is 0. The van der Waals surface area contributed by atoms with E-state index in [-0.39, 0.29) is 5.76 Å². The van der Waals surface area contributed by atoms with Crippen LogP contribution in [0.3, 0.4) is 0 Å². The second-order valence-corrected chi connectivity index (χ2v) is 6.31. The van der Waals surface area contributed by atoms with Crippen LogP contribution in [0.1, 0.15) is 27.2 Å². The van der Waals surface area contributed by atoms with Gasteiger partial charge in [-0.2, -0.15) is 0 Å². The van der Waals surface area contributed by atoms with Crippen molar-refractivity contribution in [3.05, 3.63) is 120 Å². The molecule has 0 spiro atoms. The van der Waals surface area contributed by atoms with E-state index in [9.17, 15) is 9.90 Å². The summed E-state index contributed by atoms with van der Waals surface area (Å²) in [6.45, 7) is 0. The Bertz CT molecular complexity index is 1010. The van der Waals surface area contributed by atoms with Crippen molar-refractivity contribution in [2.24, 2.45) is 0 Å². The summed E-state index contributed by atoms with van der Waals surface area (Å²) >= 11 is 0. The van der Waals surface area contributed by atoms with Gasteiger partial charge in [-0.25, -0.2) is 0 Å². The third kappa shape index (κ3) is 2.98. The van der Waals surface area contributed by atoms with Crippen molar-refractivity contribution in [3.8, 4) is 11.3 Å². The highest BCUT2D eigenvalue weighted by atomic mass is 16.3. The number of hydrogen-bond acceptors (Lipinski definition) is 3. The van der Waals surface area contributed by atoms with E-state index in [4.69, 9.17) is 4.42 Å². The molecular weight excluding hydrogens is 336 g/mol. The highest BCUT2D eigenvalue weighted by Crippen LogP contribution is 2.41. The lowest BCUT2D eigenvalue weighted by Gasteiger charge is -2.31. The molecule has 0 atom stereocenters. The van der Waals surface area contributed by atoms with Crippen LogP contribution in [-0.4, -0.2) is 11.4 Å². The minimum Gasteiger partial charge on any atom is -0.453 e. The molecule has 0 bridgehead atoms. The zero-order chi connectivity index (χ0) is 18.7. The lowest BCUT2D eigenvalue weighted by Crippen LogP contribution is -2.29. The second kappa shape index (κ2) is 7.06. The molecule has 0 aliphatic heterocycles. The van der Waals surface area contributed by atoms with Crippen LogP contribution < -0.4 is 0 Å². The van der Waals surface area contributed by atoms with E-state index in [1.165, 1.54) is 0 Å². The van der Waals surface area contributed by atoms with E-state index in [2.05, 4.69) is 0 Å². The van der Waals surface area contributed by atoms with E-state index in [0.29, 0.717) is 17.6 Å². The zero-order valence-corrected chi connectivity index (χ0v) is 14.6. The number of furan rings is 1. The fourth-order valence-corrected chi connectivity index (χ4v) is 3.41. The topological polar surface area (TPSA) is 50.4 Å². The molecule has 1 N–H and O–H groups in total. The molecule has 0 saturated heterocycles. The molecule has 3 aromatic carbocycles. The first-order valence-corrected chi connectivity index (χ1v) is 8.72. The van der Waals surface area contributed by atoms with Gasteiger partial charge in [-0.1, -0.05) is 84.9 Å². The normalized spacial score (nSPS) is 11.3. The minimum atomic E-state index is -1.37. The van der Waals surface area contributed by atoms with Gasteiger partial charge in [-0.3, -0.25) is 4.79 Å². The Morgan fingerprint density at radius 3 is 1.81 bits per heavy atom. The van der Waals surface area contributed by atoms with Gasteiger partial charge in [0.2, 0.25) is 0 Å². The SMILES string of the molecule is O=Cc1ccc(-c2ccccc2C(O)(c2ccccc2)c2ccccc2)o1. The van der Waals surface area contributed by atoms with Gasteiger partial charge in [0.1, 0.15) is 11.4 Å². The number of benzene rings is 3. The molecule has 4 rings (SSSR count). The molecule has 132 valence electrons. The molecule has 4 aromatic rings. The fraction of sp³-hybridized carbons (Fsp3) is 0.0417. The Labute approximate surface area is 157 Å². The van der Waals surface area contributed by atoms with Crippen LogP contribution in [0.4, 0.5) is 0 Å². The molecule has 0 amide bonds. The summed E-state index contributed by atoms with van der Waals surface area (Å²) in [5, 5.41) is 12.0. The van der Waals surface area contributed by atoms with Crippen LogP contribution in [-0.2, 0) is 5.60 Å². The summed E-state index contributed by atoms with van der Waals surface area (Å²) in [6, 6.07) is 30.0. The van der Waals surface area contributed by atoms with Crippen molar-refractivity contribution in [2.75, 3.05) is 0 Å². The van der Waals surface area contributed by atoms with Crippen molar-refractivity contribution >= 4 is 6.29 Å². The molecule has 27 heavy (non-hydrogen) atoms. The quantitative estimate of drug-likeness (QED) is 0.403. The van der Waals surface area contributed by atoms with E-state index in [1.54, 1.807) is 12.1 Å². The maximum absolute atomic E-state index is 12.0. The van der Waals surface area contributed by atoms with Crippen molar-refractivity contribution in [1.29, 1.82) is 0 Å². The van der Waals surface area contributed by atoms with Crippen LogP contribution in [0.15, 0.2) is 101 Å². The first kappa shape index (κ1) is 17.0. The largest absolute Gasteiger partial charge is 0.453 e. The van der Waals surface area contributed by atoms with Gasteiger partial charge >= 0.3 is 0 Å². The maximum Gasteiger partial charge on any atom is 0.185 e. The molecule has 0 saturated carbocycles. The van der Waals surface area contributed by atoms with Gasteiger partial charge < -0.3 is 9.52 Å². The van der Waals surface area contributed by atoms with E-state index in [1.807, 2.05) is 84.9 Å². The first-order valence-electron chi connectivity index (χ1n) is 8.72. The molecule has 3 nitrogen and oxygen atoms in total. The molecule has 0 aliphatic carbocycles. The number of carbonyl (C=O) groups excluding carboxylic acids is 1. The van der Waals surface area contributed by atoms with E-state index >= 15 is 0 Å². The predicted octanol–water partition coefficient (Wildman–Crippen LogP) is 5.04. The fourth-order valence-electron chi connectivity index (χ4n) is 3.41. The Morgan fingerprint density at radius 1 is 0.704 bits per heavy atom. The summed E-state index contributed by atoms with van der Waals surface area (Å²) in [5.74, 6) is 0.792. The summed E-state index contributed by atoms with van der Waals surface area (Å²) < 4.78 is 5.65. The highest BCUT2D eigenvalue weighted by Gasteiger charge is 2.36. The minimum absolute atomic E-state index is 0.253. The summed E-state index contributed by atoms with van der Waals surface area (Å²) in [4.78, 5) is 11.0. The monoisotopic (exact) mass is 354 g/mol. The Morgan fingerprint density at radius 2 is 1.26 bits per heavy atom. The van der Waals surface area contributed by atoms with Gasteiger partial charge in [-0.05, 0) is 23.3 Å². The molecule has 0 unspecified atom stereocenters. The van der Waals surface area contributed by atoms with Gasteiger partial charge in [-0.15, -0.1) is 0 Å². The Hall–Kier alpha value is -3.43. The number of hydrogen-bond donors (Lipinski definition) is 1. The van der Waals surface area contributed by atoms with Crippen LogP contribution in [0.2, 0.25) is 0 Å². The van der Waals surface area contributed by atoms with Crippen LogP contribution in [0.5, 0.6) is 0 Å². The molecule has 1 aromatic heterocycles. The van der Waals surface area contributed by atoms with Crippen molar-refractivity contribution in [2.45, 2.75) is 5.60 Å². The van der Waals surface area contributed by atoms with Crippen LogP contribution in [0, 0.1) is 0 Å². The molecule has 0 fully saturated rings. The summed E-state index contributed by atoms with van der Waals surface area (Å²) in [5.41, 5.74) is 1.57. The third-order valence-electron chi connectivity index (χ3n) is 4.71. The Kier molecular flexibility index (Phi) is 4.45. The van der Waals surface area contributed by atoms with Gasteiger partial charge in [0.15, 0.2) is 12.0 Å². The maximum atomic E-state index is 12.0. The van der Waals surface area contributed by atoms with E-state index in [0.717, 1.165) is 16.7 Å². The average molecular weight is 354 g/mol. The number of aldehydes is 1. The van der Waals surface area contributed by atoms with E-state index < -0.39 is 5.60 Å². The molecular formula is C24H18O3. The molecule has 1 heterocycles. The molecule has 0 radical (unpaired) electrons. The molecule has 3 heteroatoms. The number of rotatable bonds is 5.